The molecule has 0 spiro atoms. The molecule has 0 amide bonds. The zero-order valence-electron chi connectivity index (χ0n) is 13.0. The lowest BCUT2D eigenvalue weighted by Gasteiger charge is -2.40. The molecule has 1 fully saturated rings. The van der Waals surface area contributed by atoms with Gasteiger partial charge in [0.2, 0.25) is 0 Å². The van der Waals surface area contributed by atoms with E-state index in [1.54, 1.807) is 0 Å². The van der Waals surface area contributed by atoms with Gasteiger partial charge in [-0.1, -0.05) is 31.4 Å². The Balaban J connectivity index is 2.23. The third kappa shape index (κ3) is 2.61. The van der Waals surface area contributed by atoms with Gasteiger partial charge in [0, 0.05) is 19.0 Å². The van der Waals surface area contributed by atoms with Crippen molar-refractivity contribution in [3.8, 4) is 0 Å². The first kappa shape index (κ1) is 15.8. The maximum atomic E-state index is 10.8. The first-order valence-corrected chi connectivity index (χ1v) is 7.86. The number of likely N-dealkylation sites (N-methyl/N-ethyl adjacent to an activating group) is 1. The van der Waals surface area contributed by atoms with Gasteiger partial charge in [-0.25, -0.2) is 0 Å². The Labute approximate surface area is 126 Å². The smallest absolute Gasteiger partial charge is 0.0850 e. The van der Waals surface area contributed by atoms with Gasteiger partial charge in [0.25, 0.3) is 0 Å². The topological polar surface area (TPSA) is 41.3 Å². The number of nitrogens with zero attached hydrogens (tertiary/aromatic N) is 3. The van der Waals surface area contributed by atoms with Crippen molar-refractivity contribution in [1.82, 2.24) is 14.7 Å². The number of aryl methyl sites for hydroxylation is 2. The number of halogens is 1. The summed E-state index contributed by atoms with van der Waals surface area (Å²) in [5.41, 5.74) is 1.76. The van der Waals surface area contributed by atoms with E-state index in [0.29, 0.717) is 6.42 Å². The van der Waals surface area contributed by atoms with E-state index in [1.807, 2.05) is 18.7 Å². The highest BCUT2D eigenvalue weighted by Crippen LogP contribution is 2.38. The molecule has 1 atom stereocenters. The van der Waals surface area contributed by atoms with Crippen LogP contribution < -0.4 is 0 Å². The molecule has 0 saturated heterocycles. The monoisotopic (exact) mass is 299 g/mol. The second-order valence-corrected chi connectivity index (χ2v) is 6.49. The molecule has 1 aromatic heterocycles. The van der Waals surface area contributed by atoms with E-state index < -0.39 is 6.10 Å². The molecular weight excluding hydrogens is 274 g/mol. The summed E-state index contributed by atoms with van der Waals surface area (Å²) < 4.78 is 1.82. The molecule has 4 nitrogen and oxygen atoms in total. The van der Waals surface area contributed by atoms with Crippen molar-refractivity contribution in [3.05, 3.63) is 16.4 Å². The van der Waals surface area contributed by atoms with Gasteiger partial charge >= 0.3 is 0 Å². The average Bonchev–Trinajstić information content (AvgIpc) is 2.99. The fourth-order valence-electron chi connectivity index (χ4n) is 3.48. The standard InChI is InChI=1S/C15H26ClN3O/c1-5-11-14(16)12(19(4)17-11)10-13(20)15(18(2)3)8-6-7-9-15/h13,20H,5-10H2,1-4H3. The summed E-state index contributed by atoms with van der Waals surface area (Å²) in [6.45, 7) is 2.05. The van der Waals surface area contributed by atoms with Crippen molar-refractivity contribution < 1.29 is 5.11 Å². The number of aromatic nitrogens is 2. The molecule has 1 heterocycles. The number of aliphatic hydroxyl groups is 1. The molecule has 0 aliphatic heterocycles. The van der Waals surface area contributed by atoms with Crippen molar-refractivity contribution >= 4 is 11.6 Å². The lowest BCUT2D eigenvalue weighted by atomic mass is 9.86. The van der Waals surface area contributed by atoms with Crippen LogP contribution in [-0.2, 0) is 19.9 Å². The summed E-state index contributed by atoms with van der Waals surface area (Å²) in [5.74, 6) is 0. The van der Waals surface area contributed by atoms with E-state index in [9.17, 15) is 5.11 Å². The Morgan fingerprint density at radius 2 is 2.00 bits per heavy atom. The Morgan fingerprint density at radius 1 is 1.40 bits per heavy atom. The van der Waals surface area contributed by atoms with Crippen LogP contribution in [0, 0.1) is 0 Å². The highest BCUT2D eigenvalue weighted by atomic mass is 35.5. The fraction of sp³-hybridized carbons (Fsp3) is 0.800. The van der Waals surface area contributed by atoms with Crippen molar-refractivity contribution in [1.29, 1.82) is 0 Å². The number of hydrogen-bond acceptors (Lipinski definition) is 3. The molecule has 0 radical (unpaired) electrons. The molecule has 1 unspecified atom stereocenters. The minimum atomic E-state index is -0.405. The van der Waals surface area contributed by atoms with Crippen LogP contribution in [0.25, 0.3) is 0 Å². The zero-order valence-corrected chi connectivity index (χ0v) is 13.7. The van der Waals surface area contributed by atoms with Gasteiger partial charge < -0.3 is 10.0 Å². The van der Waals surface area contributed by atoms with Gasteiger partial charge in [-0.2, -0.15) is 5.10 Å². The predicted octanol–water partition coefficient (Wildman–Crippen LogP) is 2.41. The zero-order chi connectivity index (χ0) is 14.9. The molecule has 1 aliphatic carbocycles. The van der Waals surface area contributed by atoms with Gasteiger partial charge in [0.1, 0.15) is 0 Å². The van der Waals surface area contributed by atoms with Gasteiger partial charge in [0.05, 0.1) is 22.5 Å². The van der Waals surface area contributed by atoms with E-state index in [2.05, 4.69) is 24.1 Å². The Bertz CT molecular complexity index is 464. The number of hydrogen-bond donors (Lipinski definition) is 1. The van der Waals surface area contributed by atoms with E-state index in [1.165, 1.54) is 12.8 Å². The van der Waals surface area contributed by atoms with Crippen LogP contribution in [0.5, 0.6) is 0 Å². The van der Waals surface area contributed by atoms with Crippen LogP contribution in [0.4, 0.5) is 0 Å². The molecule has 0 aromatic carbocycles. The van der Waals surface area contributed by atoms with E-state index in [-0.39, 0.29) is 5.54 Å². The lowest BCUT2D eigenvalue weighted by Crippen LogP contribution is -2.52. The highest BCUT2D eigenvalue weighted by Gasteiger charge is 2.43. The van der Waals surface area contributed by atoms with Crippen LogP contribution in [-0.4, -0.2) is 45.5 Å². The van der Waals surface area contributed by atoms with Gasteiger partial charge in [-0.15, -0.1) is 0 Å². The van der Waals surface area contributed by atoms with Crippen LogP contribution in [0.1, 0.15) is 44.0 Å². The second kappa shape index (κ2) is 6.04. The molecule has 5 heteroatoms. The second-order valence-electron chi connectivity index (χ2n) is 6.11. The van der Waals surface area contributed by atoms with Gasteiger partial charge in [0.15, 0.2) is 0 Å². The molecule has 20 heavy (non-hydrogen) atoms. The summed E-state index contributed by atoms with van der Waals surface area (Å²) in [5, 5.41) is 16.0. The summed E-state index contributed by atoms with van der Waals surface area (Å²) in [6, 6.07) is 0. The Morgan fingerprint density at radius 3 is 2.45 bits per heavy atom. The van der Waals surface area contributed by atoms with Crippen molar-refractivity contribution in [2.45, 2.75) is 57.1 Å². The third-order valence-corrected chi connectivity index (χ3v) is 5.31. The molecule has 1 aromatic rings. The van der Waals surface area contributed by atoms with Crippen molar-refractivity contribution in [2.75, 3.05) is 14.1 Å². The maximum absolute atomic E-state index is 10.8. The highest BCUT2D eigenvalue weighted by molar-refractivity contribution is 6.31. The largest absolute Gasteiger partial charge is 0.391 e. The number of rotatable bonds is 5. The summed E-state index contributed by atoms with van der Waals surface area (Å²) in [6.07, 6.45) is 5.47. The van der Waals surface area contributed by atoms with Crippen LogP contribution in [0.15, 0.2) is 0 Å². The van der Waals surface area contributed by atoms with Crippen LogP contribution >= 0.6 is 11.6 Å². The summed E-state index contributed by atoms with van der Waals surface area (Å²) in [7, 11) is 6.04. The van der Waals surface area contributed by atoms with Crippen molar-refractivity contribution in [3.63, 3.8) is 0 Å². The first-order valence-electron chi connectivity index (χ1n) is 7.48. The molecule has 1 N–H and O–H groups in total. The van der Waals surface area contributed by atoms with E-state index in [0.717, 1.165) is 35.7 Å². The third-order valence-electron chi connectivity index (χ3n) is 4.87. The lowest BCUT2D eigenvalue weighted by molar-refractivity contribution is -0.00347. The minimum absolute atomic E-state index is 0.111. The first-order chi connectivity index (χ1) is 9.42. The van der Waals surface area contributed by atoms with Gasteiger partial charge in [-0.3, -0.25) is 4.68 Å². The quantitative estimate of drug-likeness (QED) is 0.908. The fourth-order valence-corrected chi connectivity index (χ4v) is 3.85. The predicted molar refractivity (Wildman–Crippen MR) is 82.2 cm³/mol. The summed E-state index contributed by atoms with van der Waals surface area (Å²) in [4.78, 5) is 2.19. The normalized spacial score (nSPS) is 19.8. The maximum Gasteiger partial charge on any atom is 0.0850 e. The van der Waals surface area contributed by atoms with Crippen molar-refractivity contribution in [2.24, 2.45) is 7.05 Å². The Hall–Kier alpha value is -0.580. The van der Waals surface area contributed by atoms with Gasteiger partial charge in [-0.05, 0) is 33.4 Å². The Kier molecular flexibility index (Phi) is 4.77. The molecule has 1 aliphatic rings. The molecule has 114 valence electrons. The van der Waals surface area contributed by atoms with E-state index >= 15 is 0 Å². The van der Waals surface area contributed by atoms with E-state index in [4.69, 9.17) is 11.6 Å². The SMILES string of the molecule is CCc1nn(C)c(CC(O)C2(N(C)C)CCCC2)c1Cl. The molecule has 0 bridgehead atoms. The number of aliphatic hydroxyl groups excluding tert-OH is 1. The van der Waals surface area contributed by atoms with Crippen LogP contribution in [0.2, 0.25) is 5.02 Å². The average molecular weight is 300 g/mol. The molecule has 1 saturated carbocycles. The molecule has 2 rings (SSSR count). The van der Waals surface area contributed by atoms with Crippen LogP contribution in [0.3, 0.4) is 0 Å². The minimum Gasteiger partial charge on any atom is -0.391 e. The molecular formula is C15H26ClN3O. The summed E-state index contributed by atoms with van der Waals surface area (Å²) >= 11 is 6.40.